The van der Waals surface area contributed by atoms with Crippen molar-refractivity contribution in [3.05, 3.63) is 0 Å². The fourth-order valence-corrected chi connectivity index (χ4v) is 3.71. The van der Waals surface area contributed by atoms with Crippen LogP contribution in [0.15, 0.2) is 0 Å². The number of piperidine rings is 1. The Kier molecular flexibility index (Phi) is 8.55. The number of hydrogen-bond donors (Lipinski definition) is 1. The zero-order valence-corrected chi connectivity index (χ0v) is 15.4. The standard InChI is InChI=1S/C15H29N3O.2ClH/c1-12(2)13(17(3)4)14(19)18-9-6-15(7-10-18)5-8-16-11-15;;/h12-13,16H,5-11H2,1-4H3;2*1H/t13-;;/m1../s1. The molecule has 4 nitrogen and oxygen atoms in total. The van der Waals surface area contributed by atoms with Crippen LogP contribution in [-0.2, 0) is 4.79 Å². The van der Waals surface area contributed by atoms with Gasteiger partial charge in [0.05, 0.1) is 6.04 Å². The average molecular weight is 340 g/mol. The number of nitrogens with zero attached hydrogens (tertiary/aromatic N) is 2. The molecular formula is C15H31Cl2N3O. The van der Waals surface area contributed by atoms with Crippen LogP contribution < -0.4 is 5.32 Å². The quantitative estimate of drug-likeness (QED) is 0.854. The zero-order valence-electron chi connectivity index (χ0n) is 13.7. The van der Waals surface area contributed by atoms with E-state index in [4.69, 9.17) is 0 Å². The monoisotopic (exact) mass is 339 g/mol. The van der Waals surface area contributed by atoms with Gasteiger partial charge in [0, 0.05) is 19.6 Å². The van der Waals surface area contributed by atoms with Crippen molar-refractivity contribution < 1.29 is 4.79 Å². The highest BCUT2D eigenvalue weighted by Gasteiger charge is 2.39. The van der Waals surface area contributed by atoms with Gasteiger partial charge in [0.25, 0.3) is 0 Å². The van der Waals surface area contributed by atoms with Crippen molar-refractivity contribution >= 4 is 30.7 Å². The van der Waals surface area contributed by atoms with Crippen molar-refractivity contribution in [3.8, 4) is 0 Å². The maximum Gasteiger partial charge on any atom is 0.240 e. The molecule has 2 aliphatic heterocycles. The normalized spacial score (nSPS) is 22.1. The van der Waals surface area contributed by atoms with E-state index in [1.807, 2.05) is 14.1 Å². The summed E-state index contributed by atoms with van der Waals surface area (Å²) >= 11 is 0. The molecule has 1 spiro atoms. The van der Waals surface area contributed by atoms with E-state index in [2.05, 4.69) is 29.0 Å². The third-order valence-electron chi connectivity index (χ3n) is 4.91. The number of amides is 1. The molecule has 2 saturated heterocycles. The summed E-state index contributed by atoms with van der Waals surface area (Å²) in [4.78, 5) is 16.8. The fraction of sp³-hybridized carbons (Fsp3) is 0.933. The second-order valence-corrected chi connectivity index (χ2v) is 6.90. The Balaban J connectivity index is 0.00000200. The summed E-state index contributed by atoms with van der Waals surface area (Å²) < 4.78 is 0. The predicted molar refractivity (Wildman–Crippen MR) is 92.5 cm³/mol. The van der Waals surface area contributed by atoms with E-state index in [1.165, 1.54) is 19.3 Å². The number of halogens is 2. The molecule has 2 heterocycles. The maximum absolute atomic E-state index is 12.7. The first-order chi connectivity index (χ1) is 8.95. The molecule has 1 atom stereocenters. The summed E-state index contributed by atoms with van der Waals surface area (Å²) in [5, 5.41) is 3.47. The summed E-state index contributed by atoms with van der Waals surface area (Å²) in [6.45, 7) is 8.45. The molecular weight excluding hydrogens is 309 g/mol. The molecule has 21 heavy (non-hydrogen) atoms. The highest BCUT2D eigenvalue weighted by atomic mass is 35.5. The molecule has 0 aromatic carbocycles. The molecule has 6 heteroatoms. The topological polar surface area (TPSA) is 35.6 Å². The molecule has 1 N–H and O–H groups in total. The van der Waals surface area contributed by atoms with Crippen LogP contribution in [0, 0.1) is 11.3 Å². The van der Waals surface area contributed by atoms with Gasteiger partial charge in [0.2, 0.25) is 5.91 Å². The van der Waals surface area contributed by atoms with Crippen LogP contribution in [0.25, 0.3) is 0 Å². The Morgan fingerprint density at radius 3 is 2.10 bits per heavy atom. The Labute approximate surface area is 141 Å². The van der Waals surface area contributed by atoms with E-state index in [0.29, 0.717) is 17.2 Å². The van der Waals surface area contributed by atoms with Gasteiger partial charge in [-0.2, -0.15) is 0 Å². The molecule has 126 valence electrons. The van der Waals surface area contributed by atoms with E-state index in [-0.39, 0.29) is 30.9 Å². The third kappa shape index (κ3) is 4.72. The van der Waals surface area contributed by atoms with Gasteiger partial charge in [0.1, 0.15) is 0 Å². The van der Waals surface area contributed by atoms with Crippen molar-refractivity contribution in [2.24, 2.45) is 11.3 Å². The summed E-state index contributed by atoms with van der Waals surface area (Å²) in [5.74, 6) is 0.687. The lowest BCUT2D eigenvalue weighted by Gasteiger charge is -2.41. The van der Waals surface area contributed by atoms with E-state index < -0.39 is 0 Å². The summed E-state index contributed by atoms with van der Waals surface area (Å²) in [6.07, 6.45) is 3.63. The van der Waals surface area contributed by atoms with E-state index in [9.17, 15) is 4.79 Å². The second-order valence-electron chi connectivity index (χ2n) is 6.90. The van der Waals surface area contributed by atoms with Crippen LogP contribution >= 0.6 is 24.8 Å². The molecule has 2 rings (SSSR count). The van der Waals surface area contributed by atoms with Gasteiger partial charge in [-0.1, -0.05) is 13.8 Å². The van der Waals surface area contributed by atoms with E-state index in [0.717, 1.165) is 26.2 Å². The first-order valence-corrected chi connectivity index (χ1v) is 7.61. The Bertz CT molecular complexity index is 313. The second kappa shape index (κ2) is 8.56. The largest absolute Gasteiger partial charge is 0.341 e. The summed E-state index contributed by atoms with van der Waals surface area (Å²) in [6, 6.07) is 0.0238. The van der Waals surface area contributed by atoms with Crippen LogP contribution in [-0.4, -0.2) is 62.0 Å². The smallest absolute Gasteiger partial charge is 0.240 e. The van der Waals surface area contributed by atoms with Crippen molar-refractivity contribution in [2.45, 2.75) is 39.2 Å². The fourth-order valence-electron chi connectivity index (χ4n) is 3.71. The zero-order chi connectivity index (χ0) is 14.0. The minimum absolute atomic E-state index is 0. The number of carbonyl (C=O) groups is 1. The van der Waals surface area contributed by atoms with Gasteiger partial charge in [-0.15, -0.1) is 24.8 Å². The molecule has 0 aromatic heterocycles. The van der Waals surface area contributed by atoms with Crippen LogP contribution in [0.1, 0.15) is 33.1 Å². The molecule has 0 unspecified atom stereocenters. The number of hydrogen-bond acceptors (Lipinski definition) is 3. The Morgan fingerprint density at radius 1 is 1.14 bits per heavy atom. The minimum Gasteiger partial charge on any atom is -0.341 e. The van der Waals surface area contributed by atoms with Crippen LogP contribution in [0.2, 0.25) is 0 Å². The van der Waals surface area contributed by atoms with Gasteiger partial charge in [-0.3, -0.25) is 9.69 Å². The Morgan fingerprint density at radius 2 is 1.71 bits per heavy atom. The number of carbonyl (C=O) groups excluding carboxylic acids is 1. The van der Waals surface area contributed by atoms with E-state index in [1.54, 1.807) is 0 Å². The summed E-state index contributed by atoms with van der Waals surface area (Å²) in [5.41, 5.74) is 0.488. The van der Waals surface area contributed by atoms with Gasteiger partial charge < -0.3 is 10.2 Å². The van der Waals surface area contributed by atoms with Gasteiger partial charge in [-0.05, 0) is 51.2 Å². The molecule has 2 aliphatic rings. The van der Waals surface area contributed by atoms with Crippen LogP contribution in [0.4, 0.5) is 0 Å². The van der Waals surface area contributed by atoms with E-state index >= 15 is 0 Å². The van der Waals surface area contributed by atoms with Crippen molar-refractivity contribution in [2.75, 3.05) is 40.3 Å². The first kappa shape index (κ1) is 21.0. The SMILES string of the molecule is CC(C)[C@H](C(=O)N1CCC2(CCNC2)CC1)N(C)C.Cl.Cl. The van der Waals surface area contributed by atoms with Crippen LogP contribution in [0.3, 0.4) is 0 Å². The molecule has 0 aromatic rings. The average Bonchev–Trinajstić information content (AvgIpc) is 2.77. The number of likely N-dealkylation sites (N-methyl/N-ethyl adjacent to an activating group) is 1. The Hall–Kier alpha value is -0.0300. The number of likely N-dealkylation sites (tertiary alicyclic amines) is 1. The number of rotatable bonds is 3. The van der Waals surface area contributed by atoms with Crippen molar-refractivity contribution in [1.29, 1.82) is 0 Å². The predicted octanol–water partition coefficient (Wildman–Crippen LogP) is 2.02. The lowest BCUT2D eigenvalue weighted by molar-refractivity contribution is -0.139. The van der Waals surface area contributed by atoms with Crippen LogP contribution in [0.5, 0.6) is 0 Å². The molecule has 0 saturated carbocycles. The van der Waals surface area contributed by atoms with Gasteiger partial charge in [0.15, 0.2) is 0 Å². The molecule has 0 aliphatic carbocycles. The highest BCUT2D eigenvalue weighted by Crippen LogP contribution is 2.37. The molecule has 0 radical (unpaired) electrons. The lowest BCUT2D eigenvalue weighted by Crippen LogP contribution is -2.52. The highest BCUT2D eigenvalue weighted by molar-refractivity contribution is 5.85. The lowest BCUT2D eigenvalue weighted by atomic mass is 9.77. The van der Waals surface area contributed by atoms with Crippen molar-refractivity contribution in [3.63, 3.8) is 0 Å². The number of nitrogens with one attached hydrogen (secondary N) is 1. The minimum atomic E-state index is 0. The molecule has 1 amide bonds. The van der Waals surface area contributed by atoms with Gasteiger partial charge in [-0.25, -0.2) is 0 Å². The molecule has 0 bridgehead atoms. The van der Waals surface area contributed by atoms with Crippen molar-refractivity contribution in [1.82, 2.24) is 15.1 Å². The maximum atomic E-state index is 12.7. The molecule has 2 fully saturated rings. The summed E-state index contributed by atoms with van der Waals surface area (Å²) in [7, 11) is 4.02. The first-order valence-electron chi connectivity index (χ1n) is 7.61. The van der Waals surface area contributed by atoms with Gasteiger partial charge >= 0.3 is 0 Å². The third-order valence-corrected chi connectivity index (χ3v) is 4.91.